The number of anilines is 2. The van der Waals surface area contributed by atoms with Crippen LogP contribution in [0, 0.1) is 11.9 Å². The van der Waals surface area contributed by atoms with Crippen LogP contribution in [0.4, 0.5) is 38.1 Å². The topological polar surface area (TPSA) is 63.2 Å². The maximum absolute atomic E-state index is 12.9. The second kappa shape index (κ2) is 6.87. The van der Waals surface area contributed by atoms with Crippen LogP contribution in [0.15, 0.2) is 30.3 Å². The van der Waals surface area contributed by atoms with E-state index in [1.807, 2.05) is 0 Å². The van der Waals surface area contributed by atoms with Crippen LogP contribution in [0.25, 0.3) is 0 Å². The molecule has 2 amide bonds. The fourth-order valence-electron chi connectivity index (χ4n) is 1.66. The van der Waals surface area contributed by atoms with Crippen LogP contribution < -0.4 is 15.4 Å². The summed E-state index contributed by atoms with van der Waals surface area (Å²) in [6.07, 6.45) is -4.93. The zero-order valence-corrected chi connectivity index (χ0v) is 12.2. The van der Waals surface area contributed by atoms with Gasteiger partial charge in [0.15, 0.2) is 0 Å². The fourth-order valence-corrected chi connectivity index (χ4v) is 1.88. The normalized spacial score (nSPS) is 11.1. The lowest BCUT2D eigenvalue weighted by molar-refractivity contribution is -0.274. The number of amides is 2. The zero-order valence-electron chi connectivity index (χ0n) is 11.4. The molecule has 2 rings (SSSR count). The molecule has 0 saturated heterocycles. The number of rotatable bonds is 3. The van der Waals surface area contributed by atoms with Crippen molar-refractivity contribution in [1.29, 1.82) is 0 Å². The summed E-state index contributed by atoms with van der Waals surface area (Å²) in [6.45, 7) is 0. The van der Waals surface area contributed by atoms with Gasteiger partial charge in [-0.2, -0.15) is 13.8 Å². The second-order valence-corrected chi connectivity index (χ2v) is 4.74. The largest absolute Gasteiger partial charge is 0.573 e. The Morgan fingerprint density at radius 3 is 2.08 bits per heavy atom. The van der Waals surface area contributed by atoms with Gasteiger partial charge in [-0.3, -0.25) is 0 Å². The van der Waals surface area contributed by atoms with E-state index in [4.69, 9.17) is 11.6 Å². The number of halogens is 6. The first-order valence-corrected chi connectivity index (χ1v) is 6.46. The summed E-state index contributed by atoms with van der Waals surface area (Å²) in [5.74, 6) is -2.96. The highest BCUT2D eigenvalue weighted by molar-refractivity contribution is 6.31. The van der Waals surface area contributed by atoms with Gasteiger partial charge < -0.3 is 15.4 Å². The molecule has 24 heavy (non-hydrogen) atoms. The van der Waals surface area contributed by atoms with Crippen LogP contribution in [0.5, 0.6) is 5.75 Å². The van der Waals surface area contributed by atoms with E-state index in [9.17, 15) is 26.7 Å². The highest BCUT2D eigenvalue weighted by Crippen LogP contribution is 2.29. The minimum absolute atomic E-state index is 0.130. The molecule has 0 bridgehead atoms. The van der Waals surface area contributed by atoms with E-state index in [-0.39, 0.29) is 16.4 Å². The number of carbonyl (C=O) groups excluding carboxylic acids is 1. The lowest BCUT2D eigenvalue weighted by Crippen LogP contribution is -2.20. The minimum atomic E-state index is -4.93. The van der Waals surface area contributed by atoms with Crippen LogP contribution >= 0.6 is 11.6 Å². The number of hydrogen-bond acceptors (Lipinski definition) is 3. The van der Waals surface area contributed by atoms with Crippen molar-refractivity contribution in [2.45, 2.75) is 6.36 Å². The Labute approximate surface area is 136 Å². The molecule has 2 aromatic rings. The Hall–Kier alpha value is -2.62. The van der Waals surface area contributed by atoms with Crippen LogP contribution in [0.3, 0.4) is 0 Å². The van der Waals surface area contributed by atoms with Crippen molar-refractivity contribution in [2.24, 2.45) is 0 Å². The van der Waals surface area contributed by atoms with E-state index in [2.05, 4.69) is 20.4 Å². The summed E-state index contributed by atoms with van der Waals surface area (Å²) in [5.41, 5.74) is -0.374. The highest BCUT2D eigenvalue weighted by Gasteiger charge is 2.31. The molecule has 0 unspecified atom stereocenters. The van der Waals surface area contributed by atoms with E-state index in [0.717, 1.165) is 30.3 Å². The van der Waals surface area contributed by atoms with Crippen LogP contribution in [0.2, 0.25) is 5.02 Å². The number of carbonyl (C=O) groups is 1. The number of urea groups is 1. The SMILES string of the molecule is O=C(Nc1cc(Cl)cc(OC(F)(F)F)c1)Nc1cc(F)nc(F)c1. The predicted molar refractivity (Wildman–Crippen MR) is 74.9 cm³/mol. The number of alkyl halides is 3. The number of hydrogen-bond donors (Lipinski definition) is 2. The summed E-state index contributed by atoms with van der Waals surface area (Å²) in [7, 11) is 0. The Bertz CT molecular complexity index is 750. The number of nitrogens with zero attached hydrogens (tertiary/aromatic N) is 1. The molecular weight excluding hydrogens is 361 g/mol. The number of pyridine rings is 1. The Balaban J connectivity index is 2.11. The summed E-state index contributed by atoms with van der Waals surface area (Å²) in [4.78, 5) is 14.6. The van der Waals surface area contributed by atoms with Gasteiger partial charge in [-0.15, -0.1) is 13.2 Å². The van der Waals surface area contributed by atoms with E-state index >= 15 is 0 Å². The number of nitrogens with one attached hydrogen (secondary N) is 2. The average molecular weight is 368 g/mol. The summed E-state index contributed by atoms with van der Waals surface area (Å²) in [5, 5.41) is 4.10. The third-order valence-corrected chi connectivity index (χ3v) is 2.60. The molecule has 2 N–H and O–H groups in total. The van der Waals surface area contributed by atoms with Gasteiger partial charge in [-0.25, -0.2) is 4.79 Å². The van der Waals surface area contributed by atoms with Gasteiger partial charge in [-0.05, 0) is 12.1 Å². The Morgan fingerprint density at radius 1 is 1.00 bits per heavy atom. The zero-order chi connectivity index (χ0) is 17.9. The quantitative estimate of drug-likeness (QED) is 0.617. The molecule has 1 aromatic carbocycles. The van der Waals surface area contributed by atoms with Crippen molar-refractivity contribution >= 4 is 29.0 Å². The molecule has 0 aliphatic rings. The van der Waals surface area contributed by atoms with E-state index in [0.29, 0.717) is 0 Å². The molecule has 1 aromatic heterocycles. The monoisotopic (exact) mass is 367 g/mol. The van der Waals surface area contributed by atoms with E-state index < -0.39 is 30.0 Å². The molecule has 0 aliphatic heterocycles. The standard InChI is InChI=1S/C13H7ClF5N3O2/c14-6-1-7(3-9(2-6)24-13(17,18)19)20-12(23)21-8-4-10(15)22-11(16)5-8/h1-5H,(H2,20,21,22,23). The second-order valence-electron chi connectivity index (χ2n) is 4.30. The maximum Gasteiger partial charge on any atom is 0.573 e. The third-order valence-electron chi connectivity index (χ3n) is 2.38. The van der Waals surface area contributed by atoms with Crippen LogP contribution in [0.1, 0.15) is 0 Å². The lowest BCUT2D eigenvalue weighted by Gasteiger charge is -2.12. The van der Waals surface area contributed by atoms with Gasteiger partial charge in [0.2, 0.25) is 11.9 Å². The first-order chi connectivity index (χ1) is 11.1. The van der Waals surface area contributed by atoms with Crippen molar-refractivity contribution in [1.82, 2.24) is 4.98 Å². The smallest absolute Gasteiger partial charge is 0.406 e. The molecule has 128 valence electrons. The van der Waals surface area contributed by atoms with Crippen LogP contribution in [-0.4, -0.2) is 17.4 Å². The van der Waals surface area contributed by atoms with Crippen molar-refractivity contribution < 1.29 is 31.5 Å². The number of ether oxygens (including phenoxy) is 1. The molecular formula is C13H7ClF5N3O2. The molecule has 0 spiro atoms. The van der Waals surface area contributed by atoms with Crippen molar-refractivity contribution in [3.05, 3.63) is 47.2 Å². The number of benzene rings is 1. The van der Waals surface area contributed by atoms with E-state index in [1.165, 1.54) is 0 Å². The predicted octanol–water partition coefficient (Wildman–Crippen LogP) is 4.56. The van der Waals surface area contributed by atoms with Gasteiger partial charge in [0, 0.05) is 28.9 Å². The molecule has 0 atom stereocenters. The molecule has 0 aliphatic carbocycles. The van der Waals surface area contributed by atoms with Crippen molar-refractivity contribution in [3.63, 3.8) is 0 Å². The van der Waals surface area contributed by atoms with Gasteiger partial charge in [0.1, 0.15) is 5.75 Å². The first kappa shape index (κ1) is 17.7. The molecule has 0 radical (unpaired) electrons. The van der Waals surface area contributed by atoms with Crippen molar-refractivity contribution in [3.8, 4) is 5.75 Å². The minimum Gasteiger partial charge on any atom is -0.406 e. The third kappa shape index (κ3) is 5.54. The van der Waals surface area contributed by atoms with Gasteiger partial charge in [0.25, 0.3) is 0 Å². The molecule has 0 saturated carbocycles. The van der Waals surface area contributed by atoms with Gasteiger partial charge >= 0.3 is 12.4 Å². The van der Waals surface area contributed by atoms with Gasteiger partial charge in [0.05, 0.1) is 5.69 Å². The van der Waals surface area contributed by atoms with Gasteiger partial charge in [-0.1, -0.05) is 11.6 Å². The first-order valence-electron chi connectivity index (χ1n) is 6.08. The highest BCUT2D eigenvalue weighted by atomic mass is 35.5. The summed E-state index contributed by atoms with van der Waals surface area (Å²) in [6, 6.07) is 3.44. The van der Waals surface area contributed by atoms with Crippen molar-refractivity contribution in [2.75, 3.05) is 10.6 Å². The molecule has 5 nitrogen and oxygen atoms in total. The van der Waals surface area contributed by atoms with E-state index in [1.54, 1.807) is 0 Å². The molecule has 11 heteroatoms. The molecule has 1 heterocycles. The van der Waals surface area contributed by atoms with Crippen LogP contribution in [-0.2, 0) is 0 Å². The maximum atomic E-state index is 12.9. The lowest BCUT2D eigenvalue weighted by atomic mass is 10.3. The number of aromatic nitrogens is 1. The fraction of sp³-hybridized carbons (Fsp3) is 0.0769. The molecule has 0 fully saturated rings. The Morgan fingerprint density at radius 2 is 1.54 bits per heavy atom. The Kier molecular flexibility index (Phi) is 5.07. The summed E-state index contributed by atoms with van der Waals surface area (Å²) >= 11 is 5.64. The average Bonchev–Trinajstić information content (AvgIpc) is 2.33. The summed E-state index contributed by atoms with van der Waals surface area (Å²) < 4.78 is 66.1.